The largest absolute Gasteiger partial charge is 0.353 e. The zero-order valence-corrected chi connectivity index (χ0v) is 13.8. The van der Waals surface area contributed by atoms with Crippen molar-refractivity contribution in [3.63, 3.8) is 0 Å². The van der Waals surface area contributed by atoms with E-state index >= 15 is 0 Å². The average Bonchev–Trinajstić information content (AvgIpc) is 2.53. The van der Waals surface area contributed by atoms with Crippen LogP contribution in [-0.2, 0) is 6.54 Å². The highest BCUT2D eigenvalue weighted by atomic mass is 15.3. The van der Waals surface area contributed by atoms with Crippen LogP contribution < -0.4 is 10.2 Å². The van der Waals surface area contributed by atoms with Crippen molar-refractivity contribution in [3.8, 4) is 0 Å². The number of aromatic nitrogens is 2. The number of nitrogens with one attached hydrogen (secondary N) is 1. The van der Waals surface area contributed by atoms with Crippen molar-refractivity contribution < 1.29 is 0 Å². The molecule has 1 aliphatic rings. The number of hydrogen-bond donors (Lipinski definition) is 1. The molecule has 1 aromatic rings. The van der Waals surface area contributed by atoms with Crippen molar-refractivity contribution in [2.24, 2.45) is 0 Å². The molecule has 0 bridgehead atoms. The lowest BCUT2D eigenvalue weighted by Crippen LogP contribution is -2.49. The zero-order chi connectivity index (χ0) is 15.2. The number of hydrogen-bond acceptors (Lipinski definition) is 5. The molecular weight excluding hydrogens is 262 g/mol. The van der Waals surface area contributed by atoms with E-state index in [-0.39, 0.29) is 0 Å². The molecule has 0 radical (unpaired) electrons. The summed E-state index contributed by atoms with van der Waals surface area (Å²) < 4.78 is 0. The molecule has 118 valence electrons. The predicted molar refractivity (Wildman–Crippen MR) is 87.5 cm³/mol. The maximum atomic E-state index is 4.58. The second-order valence-corrected chi connectivity index (χ2v) is 6.18. The minimum atomic E-state index is 0.472. The van der Waals surface area contributed by atoms with Crippen LogP contribution in [0.15, 0.2) is 12.4 Å². The van der Waals surface area contributed by atoms with Gasteiger partial charge in [0.05, 0.1) is 18.1 Å². The highest BCUT2D eigenvalue weighted by molar-refractivity contribution is 5.36. The molecular formula is C16H29N5. The fourth-order valence-corrected chi connectivity index (χ4v) is 2.56. The lowest BCUT2D eigenvalue weighted by Gasteiger charge is -2.38. The number of rotatable bonds is 6. The van der Waals surface area contributed by atoms with Crippen LogP contribution in [0.2, 0.25) is 0 Å². The van der Waals surface area contributed by atoms with Crippen molar-refractivity contribution in [1.29, 1.82) is 0 Å². The predicted octanol–water partition coefficient (Wildman–Crippen LogP) is 1.90. The third-order valence-electron chi connectivity index (χ3n) is 4.24. The summed E-state index contributed by atoms with van der Waals surface area (Å²) >= 11 is 0. The Bertz CT molecular complexity index is 409. The second-order valence-electron chi connectivity index (χ2n) is 6.18. The molecule has 1 saturated heterocycles. The van der Waals surface area contributed by atoms with Crippen molar-refractivity contribution >= 4 is 5.82 Å². The first kappa shape index (κ1) is 16.2. The van der Waals surface area contributed by atoms with Crippen molar-refractivity contribution in [1.82, 2.24) is 20.2 Å². The Labute approximate surface area is 128 Å². The van der Waals surface area contributed by atoms with E-state index in [0.717, 1.165) is 44.2 Å². The van der Waals surface area contributed by atoms with Crippen LogP contribution in [0, 0.1) is 0 Å². The summed E-state index contributed by atoms with van der Waals surface area (Å²) in [6.07, 6.45) is 5.03. The molecule has 5 nitrogen and oxygen atoms in total. The van der Waals surface area contributed by atoms with E-state index in [4.69, 9.17) is 0 Å². The molecule has 5 heteroatoms. The summed E-state index contributed by atoms with van der Waals surface area (Å²) in [5, 5.41) is 3.36. The molecule has 1 atom stereocenters. The van der Waals surface area contributed by atoms with Crippen molar-refractivity contribution in [3.05, 3.63) is 18.1 Å². The molecule has 1 aromatic heterocycles. The van der Waals surface area contributed by atoms with Crippen LogP contribution in [0.3, 0.4) is 0 Å². The third-order valence-corrected chi connectivity index (χ3v) is 4.24. The van der Waals surface area contributed by atoms with Crippen molar-refractivity contribution in [2.45, 2.75) is 52.7 Å². The van der Waals surface area contributed by atoms with Gasteiger partial charge in [0.2, 0.25) is 0 Å². The van der Waals surface area contributed by atoms with E-state index in [1.54, 1.807) is 0 Å². The molecule has 0 saturated carbocycles. The number of piperazine rings is 1. The molecule has 21 heavy (non-hydrogen) atoms. The van der Waals surface area contributed by atoms with E-state index < -0.39 is 0 Å². The van der Waals surface area contributed by atoms with Gasteiger partial charge in [0.1, 0.15) is 5.82 Å². The lowest BCUT2D eigenvalue weighted by molar-refractivity contribution is 0.192. The van der Waals surface area contributed by atoms with Gasteiger partial charge in [-0.25, -0.2) is 4.98 Å². The normalized spacial score (nSPS) is 18.2. The van der Waals surface area contributed by atoms with Crippen LogP contribution in [0.5, 0.6) is 0 Å². The second kappa shape index (κ2) is 7.71. The van der Waals surface area contributed by atoms with Crippen LogP contribution in [0.4, 0.5) is 5.82 Å². The fourth-order valence-electron chi connectivity index (χ4n) is 2.56. The minimum Gasteiger partial charge on any atom is -0.353 e. The number of anilines is 1. The van der Waals surface area contributed by atoms with Gasteiger partial charge in [-0.1, -0.05) is 20.8 Å². The van der Waals surface area contributed by atoms with E-state index in [9.17, 15) is 0 Å². The first-order valence-corrected chi connectivity index (χ1v) is 8.13. The maximum absolute atomic E-state index is 4.58. The molecule has 1 N–H and O–H groups in total. The molecule has 2 rings (SSSR count). The summed E-state index contributed by atoms with van der Waals surface area (Å²) in [7, 11) is 0. The SMILES string of the molecule is CCC(C)N1CCN(c2cnc(CNC(C)C)cn2)CC1. The Morgan fingerprint density at radius 2 is 1.81 bits per heavy atom. The topological polar surface area (TPSA) is 44.3 Å². The van der Waals surface area contributed by atoms with Gasteiger partial charge in [-0.2, -0.15) is 0 Å². The Hall–Kier alpha value is -1.20. The summed E-state index contributed by atoms with van der Waals surface area (Å²) in [6.45, 7) is 14.0. The van der Waals surface area contributed by atoms with Gasteiger partial charge in [-0.05, 0) is 13.3 Å². The van der Waals surface area contributed by atoms with Crippen LogP contribution >= 0.6 is 0 Å². The Kier molecular flexibility index (Phi) is 5.94. The molecule has 0 aliphatic carbocycles. The Balaban J connectivity index is 1.86. The third kappa shape index (κ3) is 4.64. The van der Waals surface area contributed by atoms with Crippen LogP contribution in [0.25, 0.3) is 0 Å². The summed E-state index contributed by atoms with van der Waals surface area (Å²) in [4.78, 5) is 14.0. The van der Waals surface area contributed by atoms with E-state index in [0.29, 0.717) is 12.1 Å². The smallest absolute Gasteiger partial charge is 0.147 e. The molecule has 1 unspecified atom stereocenters. The molecule has 0 aromatic carbocycles. The van der Waals surface area contributed by atoms with E-state index in [2.05, 4.69) is 52.8 Å². The van der Waals surface area contributed by atoms with Gasteiger partial charge < -0.3 is 10.2 Å². The van der Waals surface area contributed by atoms with Gasteiger partial charge in [-0.15, -0.1) is 0 Å². The minimum absolute atomic E-state index is 0.472. The van der Waals surface area contributed by atoms with Crippen molar-refractivity contribution in [2.75, 3.05) is 31.1 Å². The summed E-state index contributed by atoms with van der Waals surface area (Å²) in [6, 6.07) is 1.16. The monoisotopic (exact) mass is 291 g/mol. The van der Waals surface area contributed by atoms with Gasteiger partial charge in [0, 0.05) is 44.8 Å². The van der Waals surface area contributed by atoms with Crippen LogP contribution in [0.1, 0.15) is 39.8 Å². The molecule has 0 amide bonds. The number of nitrogens with zero attached hydrogens (tertiary/aromatic N) is 4. The first-order valence-electron chi connectivity index (χ1n) is 8.13. The molecule has 2 heterocycles. The quantitative estimate of drug-likeness (QED) is 0.867. The highest BCUT2D eigenvalue weighted by Gasteiger charge is 2.20. The van der Waals surface area contributed by atoms with Gasteiger partial charge in [-0.3, -0.25) is 9.88 Å². The molecule has 1 fully saturated rings. The van der Waals surface area contributed by atoms with Gasteiger partial charge in [0.15, 0.2) is 0 Å². The molecule has 1 aliphatic heterocycles. The first-order chi connectivity index (χ1) is 10.1. The zero-order valence-electron chi connectivity index (χ0n) is 13.8. The lowest BCUT2D eigenvalue weighted by atomic mass is 10.2. The van der Waals surface area contributed by atoms with Crippen LogP contribution in [-0.4, -0.2) is 53.1 Å². The maximum Gasteiger partial charge on any atom is 0.147 e. The highest BCUT2D eigenvalue weighted by Crippen LogP contribution is 2.14. The fraction of sp³-hybridized carbons (Fsp3) is 0.750. The Morgan fingerprint density at radius 1 is 1.10 bits per heavy atom. The van der Waals surface area contributed by atoms with E-state index in [1.165, 1.54) is 6.42 Å². The Morgan fingerprint density at radius 3 is 2.33 bits per heavy atom. The standard InChI is InChI=1S/C16H29N5/c1-5-14(4)20-6-8-21(9-7-20)16-12-18-15(11-19-16)10-17-13(2)3/h11-14,17H,5-10H2,1-4H3. The van der Waals surface area contributed by atoms with Gasteiger partial charge >= 0.3 is 0 Å². The average molecular weight is 291 g/mol. The van der Waals surface area contributed by atoms with E-state index in [1.807, 2.05) is 12.4 Å². The molecule has 0 spiro atoms. The van der Waals surface area contributed by atoms with Gasteiger partial charge in [0.25, 0.3) is 0 Å². The summed E-state index contributed by atoms with van der Waals surface area (Å²) in [5.41, 5.74) is 1.01. The summed E-state index contributed by atoms with van der Waals surface area (Å²) in [5.74, 6) is 1.01.